The molecule has 17 heavy (non-hydrogen) atoms. The first-order chi connectivity index (χ1) is 8.15. The van der Waals surface area contributed by atoms with Crippen LogP contribution in [0.3, 0.4) is 0 Å². The summed E-state index contributed by atoms with van der Waals surface area (Å²) in [5.74, 6) is 0.297. The van der Waals surface area contributed by atoms with Gasteiger partial charge in [0.15, 0.2) is 0 Å². The molecule has 1 saturated carbocycles. The average Bonchev–Trinajstić information content (AvgIpc) is 2.56. The molecule has 1 aliphatic carbocycles. The number of hydrogen-bond donors (Lipinski definition) is 1. The van der Waals surface area contributed by atoms with Crippen LogP contribution >= 0.6 is 0 Å². The molecule has 1 amide bonds. The fourth-order valence-corrected chi connectivity index (χ4v) is 2.68. The second-order valence-corrected chi connectivity index (χ2v) is 5.31. The molecule has 0 heterocycles. The van der Waals surface area contributed by atoms with Crippen LogP contribution in [0.4, 0.5) is 0 Å². The lowest BCUT2D eigenvalue weighted by Gasteiger charge is -2.28. The molecule has 1 unspecified atom stereocenters. The van der Waals surface area contributed by atoms with Gasteiger partial charge in [-0.3, -0.25) is 4.79 Å². The van der Waals surface area contributed by atoms with E-state index in [2.05, 4.69) is 19.2 Å². The molecule has 0 bridgehead atoms. The standard InChI is InChI=1S/C14H28N2O/c1-4-15-12(2)11-14(17)16(3)13-9-7-5-6-8-10-13/h12-13,15H,4-11H2,1-3H3. The number of nitrogens with one attached hydrogen (secondary N) is 1. The van der Waals surface area contributed by atoms with Crippen molar-refractivity contribution in [1.29, 1.82) is 0 Å². The van der Waals surface area contributed by atoms with Gasteiger partial charge in [-0.2, -0.15) is 0 Å². The van der Waals surface area contributed by atoms with Gasteiger partial charge in [-0.1, -0.05) is 32.6 Å². The highest BCUT2D eigenvalue weighted by Gasteiger charge is 2.21. The third kappa shape index (κ3) is 5.07. The van der Waals surface area contributed by atoms with Gasteiger partial charge in [0.1, 0.15) is 0 Å². The molecular weight excluding hydrogens is 212 g/mol. The van der Waals surface area contributed by atoms with Gasteiger partial charge in [-0.15, -0.1) is 0 Å². The highest BCUT2D eigenvalue weighted by Crippen LogP contribution is 2.21. The van der Waals surface area contributed by atoms with Crippen molar-refractivity contribution in [2.45, 2.75) is 70.9 Å². The zero-order valence-electron chi connectivity index (χ0n) is 11.7. The van der Waals surface area contributed by atoms with Gasteiger partial charge in [0, 0.05) is 25.6 Å². The maximum absolute atomic E-state index is 12.1. The minimum absolute atomic E-state index is 0.292. The normalized spacial score (nSPS) is 19.7. The summed E-state index contributed by atoms with van der Waals surface area (Å²) in [6, 6.07) is 0.777. The zero-order valence-corrected chi connectivity index (χ0v) is 11.7. The van der Waals surface area contributed by atoms with E-state index in [9.17, 15) is 4.79 Å². The molecule has 3 nitrogen and oxygen atoms in total. The van der Waals surface area contributed by atoms with Crippen molar-refractivity contribution in [3.8, 4) is 0 Å². The lowest BCUT2D eigenvalue weighted by molar-refractivity contribution is -0.132. The van der Waals surface area contributed by atoms with Crippen molar-refractivity contribution in [3.05, 3.63) is 0 Å². The zero-order chi connectivity index (χ0) is 12.7. The van der Waals surface area contributed by atoms with Crippen molar-refractivity contribution in [2.24, 2.45) is 0 Å². The van der Waals surface area contributed by atoms with Crippen LogP contribution < -0.4 is 5.32 Å². The van der Waals surface area contributed by atoms with E-state index in [0.29, 0.717) is 24.4 Å². The Bertz CT molecular complexity index is 222. The van der Waals surface area contributed by atoms with E-state index < -0.39 is 0 Å². The van der Waals surface area contributed by atoms with Gasteiger partial charge in [-0.25, -0.2) is 0 Å². The SMILES string of the molecule is CCNC(C)CC(=O)N(C)C1CCCCCC1. The Hall–Kier alpha value is -0.570. The molecule has 0 aliphatic heterocycles. The van der Waals surface area contributed by atoms with Crippen molar-refractivity contribution < 1.29 is 4.79 Å². The highest BCUT2D eigenvalue weighted by molar-refractivity contribution is 5.76. The van der Waals surface area contributed by atoms with Gasteiger partial charge in [0.25, 0.3) is 0 Å². The first-order valence-electron chi connectivity index (χ1n) is 7.14. The summed E-state index contributed by atoms with van der Waals surface area (Å²) in [7, 11) is 1.98. The number of hydrogen-bond acceptors (Lipinski definition) is 2. The maximum Gasteiger partial charge on any atom is 0.224 e. The minimum Gasteiger partial charge on any atom is -0.343 e. The summed E-state index contributed by atoms with van der Waals surface area (Å²) in [6.45, 7) is 5.10. The molecule has 0 spiro atoms. The van der Waals surface area contributed by atoms with Crippen LogP contribution in [0.1, 0.15) is 58.8 Å². The molecule has 0 aromatic rings. The molecule has 0 aromatic heterocycles. The lowest BCUT2D eigenvalue weighted by atomic mass is 10.1. The number of amides is 1. The average molecular weight is 240 g/mol. The van der Waals surface area contributed by atoms with Gasteiger partial charge in [0.05, 0.1) is 0 Å². The van der Waals surface area contributed by atoms with E-state index in [4.69, 9.17) is 0 Å². The van der Waals surface area contributed by atoms with Crippen molar-refractivity contribution in [2.75, 3.05) is 13.6 Å². The van der Waals surface area contributed by atoms with E-state index in [1.165, 1.54) is 38.5 Å². The molecule has 1 aliphatic rings. The van der Waals surface area contributed by atoms with Crippen molar-refractivity contribution >= 4 is 5.91 Å². The van der Waals surface area contributed by atoms with E-state index in [0.717, 1.165) is 6.54 Å². The second kappa shape index (κ2) is 7.70. The molecular formula is C14H28N2O. The Labute approximate surface area is 106 Å². The Balaban J connectivity index is 2.38. The Morgan fingerprint density at radius 3 is 2.41 bits per heavy atom. The number of nitrogens with zero attached hydrogens (tertiary/aromatic N) is 1. The predicted molar refractivity (Wildman–Crippen MR) is 72.0 cm³/mol. The van der Waals surface area contributed by atoms with Crippen LogP contribution in [0.5, 0.6) is 0 Å². The lowest BCUT2D eigenvalue weighted by Crippen LogP contribution is -2.40. The van der Waals surface area contributed by atoms with Crippen LogP contribution in [-0.2, 0) is 4.79 Å². The van der Waals surface area contributed by atoms with Gasteiger partial charge in [0.2, 0.25) is 5.91 Å². The monoisotopic (exact) mass is 240 g/mol. The minimum atomic E-state index is 0.292. The van der Waals surface area contributed by atoms with Crippen LogP contribution in [0, 0.1) is 0 Å². The Morgan fingerprint density at radius 1 is 1.29 bits per heavy atom. The topological polar surface area (TPSA) is 32.3 Å². The number of carbonyl (C=O) groups excluding carboxylic acids is 1. The molecule has 100 valence electrons. The van der Waals surface area contributed by atoms with Crippen LogP contribution in [0.2, 0.25) is 0 Å². The molecule has 3 heteroatoms. The summed E-state index contributed by atoms with van der Waals surface area (Å²) in [4.78, 5) is 14.1. The largest absolute Gasteiger partial charge is 0.343 e. The van der Waals surface area contributed by atoms with Gasteiger partial charge < -0.3 is 10.2 Å². The fraction of sp³-hybridized carbons (Fsp3) is 0.929. The summed E-state index contributed by atoms with van der Waals surface area (Å²) in [6.07, 6.45) is 8.26. The molecule has 0 radical (unpaired) electrons. The smallest absolute Gasteiger partial charge is 0.224 e. The first-order valence-corrected chi connectivity index (χ1v) is 7.14. The predicted octanol–water partition coefficient (Wildman–Crippen LogP) is 2.56. The summed E-state index contributed by atoms with van der Waals surface area (Å²) in [5, 5.41) is 3.30. The van der Waals surface area contributed by atoms with E-state index in [1.54, 1.807) is 0 Å². The van der Waals surface area contributed by atoms with Gasteiger partial charge >= 0.3 is 0 Å². The quantitative estimate of drug-likeness (QED) is 0.749. The van der Waals surface area contributed by atoms with Crippen molar-refractivity contribution in [3.63, 3.8) is 0 Å². The Morgan fingerprint density at radius 2 is 1.88 bits per heavy atom. The van der Waals surface area contributed by atoms with E-state index >= 15 is 0 Å². The van der Waals surface area contributed by atoms with Crippen LogP contribution in [0.25, 0.3) is 0 Å². The molecule has 1 rings (SSSR count). The summed E-state index contributed by atoms with van der Waals surface area (Å²) < 4.78 is 0. The van der Waals surface area contributed by atoms with Gasteiger partial charge in [-0.05, 0) is 26.3 Å². The molecule has 0 aromatic carbocycles. The van der Waals surface area contributed by atoms with E-state index in [1.807, 2.05) is 11.9 Å². The number of carbonyl (C=O) groups is 1. The molecule has 0 saturated heterocycles. The third-order valence-corrected chi connectivity index (χ3v) is 3.80. The Kier molecular flexibility index (Phi) is 6.56. The molecule has 1 fully saturated rings. The van der Waals surface area contributed by atoms with Crippen LogP contribution in [0.15, 0.2) is 0 Å². The fourth-order valence-electron chi connectivity index (χ4n) is 2.68. The summed E-state index contributed by atoms with van der Waals surface area (Å²) >= 11 is 0. The van der Waals surface area contributed by atoms with Crippen LogP contribution in [-0.4, -0.2) is 36.5 Å². The first kappa shape index (κ1) is 14.5. The summed E-state index contributed by atoms with van der Waals surface area (Å²) in [5.41, 5.74) is 0. The molecule has 1 N–H and O–H groups in total. The maximum atomic E-state index is 12.1. The van der Waals surface area contributed by atoms with Crippen molar-refractivity contribution in [1.82, 2.24) is 10.2 Å². The number of rotatable bonds is 5. The highest BCUT2D eigenvalue weighted by atomic mass is 16.2. The third-order valence-electron chi connectivity index (χ3n) is 3.80. The molecule has 1 atom stereocenters. The van der Waals surface area contributed by atoms with E-state index in [-0.39, 0.29) is 0 Å². The second-order valence-electron chi connectivity index (χ2n) is 5.31.